The van der Waals surface area contributed by atoms with E-state index in [9.17, 15) is 4.79 Å². The van der Waals surface area contributed by atoms with Crippen molar-refractivity contribution < 1.29 is 14.3 Å². The van der Waals surface area contributed by atoms with E-state index < -0.39 is 0 Å². The lowest BCUT2D eigenvalue weighted by Gasteiger charge is -2.14. The zero-order valence-corrected chi connectivity index (χ0v) is 23.2. The molecule has 0 heterocycles. The van der Waals surface area contributed by atoms with Crippen molar-refractivity contribution in [2.45, 2.75) is 123 Å². The molecule has 0 spiro atoms. The average Bonchev–Trinajstić information content (AvgIpc) is 2.90. The molecular weight excluding hydrogens is 444 g/mol. The number of ether oxygens (including phenoxy) is 2. The standard InChI is InChI=1S/C33H50O3/c1-4-6-8-9-10-11-12-13-14-15-16-17-18-33(34)36-28(3)29-19-21-30(22-20-29)31-23-25-32(26-24-31)35-27-7-5-2/h19-26,28H,4-18,27H2,1-3H3. The van der Waals surface area contributed by atoms with Crippen LogP contribution in [-0.2, 0) is 9.53 Å². The van der Waals surface area contributed by atoms with Crippen LogP contribution in [0.4, 0.5) is 0 Å². The average molecular weight is 495 g/mol. The van der Waals surface area contributed by atoms with Gasteiger partial charge in [0.1, 0.15) is 11.9 Å². The van der Waals surface area contributed by atoms with Crippen LogP contribution in [0.25, 0.3) is 11.1 Å². The van der Waals surface area contributed by atoms with E-state index in [0.29, 0.717) is 6.42 Å². The lowest BCUT2D eigenvalue weighted by atomic mass is 10.0. The van der Waals surface area contributed by atoms with Crippen LogP contribution in [0.2, 0.25) is 0 Å². The Morgan fingerprint density at radius 3 is 1.64 bits per heavy atom. The monoisotopic (exact) mass is 494 g/mol. The smallest absolute Gasteiger partial charge is 0.306 e. The molecule has 0 aliphatic carbocycles. The summed E-state index contributed by atoms with van der Waals surface area (Å²) in [6, 6.07) is 16.5. The number of carbonyl (C=O) groups excluding carboxylic acids is 1. The molecule has 1 unspecified atom stereocenters. The molecule has 0 radical (unpaired) electrons. The summed E-state index contributed by atoms with van der Waals surface area (Å²) in [5.41, 5.74) is 3.33. The van der Waals surface area contributed by atoms with Gasteiger partial charge in [0.25, 0.3) is 0 Å². The van der Waals surface area contributed by atoms with Gasteiger partial charge in [-0.25, -0.2) is 0 Å². The lowest BCUT2D eigenvalue weighted by molar-refractivity contribution is -0.148. The minimum atomic E-state index is -0.224. The molecule has 0 saturated heterocycles. The molecule has 0 aliphatic rings. The predicted molar refractivity (Wildman–Crippen MR) is 152 cm³/mol. The minimum Gasteiger partial charge on any atom is -0.494 e. The summed E-state index contributed by atoms with van der Waals surface area (Å²) in [6.45, 7) is 7.15. The number of benzene rings is 2. The molecule has 2 aromatic carbocycles. The summed E-state index contributed by atoms with van der Waals surface area (Å²) in [6.07, 6.45) is 18.1. The second kappa shape index (κ2) is 18.9. The SMILES string of the molecule is CCCCCCCCCCCCCCC(=O)OC(C)c1ccc(-c2ccc(OCCCC)cc2)cc1. The van der Waals surface area contributed by atoms with Crippen LogP contribution in [0.3, 0.4) is 0 Å². The Morgan fingerprint density at radius 1 is 0.639 bits per heavy atom. The zero-order chi connectivity index (χ0) is 25.8. The largest absolute Gasteiger partial charge is 0.494 e. The van der Waals surface area contributed by atoms with Crippen LogP contribution < -0.4 is 4.74 Å². The summed E-state index contributed by atoms with van der Waals surface area (Å²) in [5, 5.41) is 0. The topological polar surface area (TPSA) is 35.5 Å². The van der Waals surface area contributed by atoms with Gasteiger partial charge < -0.3 is 9.47 Å². The first-order valence-electron chi connectivity index (χ1n) is 14.7. The molecule has 1 atom stereocenters. The fourth-order valence-electron chi connectivity index (χ4n) is 4.46. The van der Waals surface area contributed by atoms with Crippen LogP contribution in [0, 0.1) is 0 Å². The summed E-state index contributed by atoms with van der Waals surface area (Å²) in [5.74, 6) is 0.829. The van der Waals surface area contributed by atoms with Crippen LogP contribution in [0.15, 0.2) is 48.5 Å². The van der Waals surface area contributed by atoms with E-state index in [-0.39, 0.29) is 12.1 Å². The Balaban J connectivity index is 1.59. The van der Waals surface area contributed by atoms with Crippen molar-refractivity contribution in [3.8, 4) is 16.9 Å². The Bertz CT molecular complexity index is 810. The van der Waals surface area contributed by atoms with Gasteiger partial charge in [-0.1, -0.05) is 127 Å². The molecule has 0 fully saturated rings. The van der Waals surface area contributed by atoms with E-state index in [2.05, 4.69) is 50.2 Å². The van der Waals surface area contributed by atoms with Crippen molar-refractivity contribution in [2.24, 2.45) is 0 Å². The Kier molecular flexibility index (Phi) is 15.7. The maximum atomic E-state index is 12.3. The van der Waals surface area contributed by atoms with E-state index in [1.807, 2.05) is 19.1 Å². The Hall–Kier alpha value is -2.29. The second-order valence-electron chi connectivity index (χ2n) is 10.1. The van der Waals surface area contributed by atoms with Crippen molar-refractivity contribution in [3.05, 3.63) is 54.1 Å². The summed E-state index contributed by atoms with van der Waals surface area (Å²) in [4.78, 5) is 12.3. The summed E-state index contributed by atoms with van der Waals surface area (Å²) in [7, 11) is 0. The quantitative estimate of drug-likeness (QED) is 0.136. The normalized spacial score (nSPS) is 11.9. The highest BCUT2D eigenvalue weighted by molar-refractivity contribution is 5.69. The van der Waals surface area contributed by atoms with Crippen LogP contribution in [0.1, 0.15) is 129 Å². The number of hydrogen-bond acceptors (Lipinski definition) is 3. The minimum absolute atomic E-state index is 0.0858. The molecule has 0 bridgehead atoms. The van der Waals surface area contributed by atoms with Gasteiger partial charge in [-0.3, -0.25) is 4.79 Å². The van der Waals surface area contributed by atoms with E-state index in [1.165, 1.54) is 64.2 Å². The maximum Gasteiger partial charge on any atom is 0.306 e. The van der Waals surface area contributed by atoms with Crippen molar-refractivity contribution in [2.75, 3.05) is 6.61 Å². The van der Waals surface area contributed by atoms with Crippen LogP contribution in [0.5, 0.6) is 5.75 Å². The van der Waals surface area contributed by atoms with Crippen LogP contribution >= 0.6 is 0 Å². The third kappa shape index (κ3) is 12.6. The van der Waals surface area contributed by atoms with Crippen molar-refractivity contribution >= 4 is 5.97 Å². The zero-order valence-electron chi connectivity index (χ0n) is 23.2. The van der Waals surface area contributed by atoms with Crippen molar-refractivity contribution in [1.29, 1.82) is 0 Å². The fourth-order valence-corrected chi connectivity index (χ4v) is 4.46. The van der Waals surface area contributed by atoms with E-state index >= 15 is 0 Å². The molecule has 2 rings (SSSR count). The number of unbranched alkanes of at least 4 members (excludes halogenated alkanes) is 12. The number of hydrogen-bond donors (Lipinski definition) is 0. The molecule has 0 saturated carbocycles. The Morgan fingerprint density at radius 2 is 1.11 bits per heavy atom. The van der Waals surface area contributed by atoms with Gasteiger partial charge in [0.15, 0.2) is 0 Å². The molecule has 0 amide bonds. The van der Waals surface area contributed by atoms with Gasteiger partial charge in [0.2, 0.25) is 0 Å². The van der Waals surface area contributed by atoms with Crippen LogP contribution in [-0.4, -0.2) is 12.6 Å². The molecule has 36 heavy (non-hydrogen) atoms. The van der Waals surface area contributed by atoms with E-state index in [4.69, 9.17) is 9.47 Å². The Labute approximate surface area is 221 Å². The molecule has 2 aromatic rings. The van der Waals surface area contributed by atoms with E-state index in [0.717, 1.165) is 54.7 Å². The van der Waals surface area contributed by atoms with Gasteiger partial charge in [-0.15, -0.1) is 0 Å². The summed E-state index contributed by atoms with van der Waals surface area (Å²) < 4.78 is 11.4. The lowest BCUT2D eigenvalue weighted by Crippen LogP contribution is -2.08. The van der Waals surface area contributed by atoms with Gasteiger partial charge in [-0.05, 0) is 48.6 Å². The van der Waals surface area contributed by atoms with Gasteiger partial charge in [-0.2, -0.15) is 0 Å². The molecule has 0 aliphatic heterocycles. The molecular formula is C33H50O3. The highest BCUT2D eigenvalue weighted by Crippen LogP contribution is 2.26. The fraction of sp³-hybridized carbons (Fsp3) is 0.606. The van der Waals surface area contributed by atoms with Gasteiger partial charge >= 0.3 is 5.97 Å². The molecule has 0 aromatic heterocycles. The first-order valence-corrected chi connectivity index (χ1v) is 14.7. The third-order valence-corrected chi connectivity index (χ3v) is 6.88. The molecule has 3 nitrogen and oxygen atoms in total. The second-order valence-corrected chi connectivity index (χ2v) is 10.1. The highest BCUT2D eigenvalue weighted by Gasteiger charge is 2.12. The molecule has 0 N–H and O–H groups in total. The van der Waals surface area contributed by atoms with Crippen molar-refractivity contribution in [1.82, 2.24) is 0 Å². The van der Waals surface area contributed by atoms with Crippen molar-refractivity contribution in [3.63, 3.8) is 0 Å². The highest BCUT2D eigenvalue weighted by atomic mass is 16.5. The predicted octanol–water partition coefficient (Wildman–Crippen LogP) is 10.2. The number of esters is 1. The first-order chi connectivity index (χ1) is 17.6. The third-order valence-electron chi connectivity index (χ3n) is 6.88. The maximum absolute atomic E-state index is 12.3. The van der Waals surface area contributed by atoms with Gasteiger partial charge in [0, 0.05) is 6.42 Å². The van der Waals surface area contributed by atoms with E-state index in [1.54, 1.807) is 0 Å². The molecule has 3 heteroatoms. The number of carbonyl (C=O) groups is 1. The first kappa shape index (κ1) is 29.9. The number of rotatable bonds is 20. The molecule has 200 valence electrons. The van der Waals surface area contributed by atoms with Gasteiger partial charge in [0.05, 0.1) is 6.61 Å². The summed E-state index contributed by atoms with van der Waals surface area (Å²) >= 11 is 0.